The number of nitrogens with zero attached hydrogens (tertiary/aromatic N) is 3. The third kappa shape index (κ3) is 4.84. The van der Waals surface area contributed by atoms with Crippen molar-refractivity contribution in [2.45, 2.75) is 26.8 Å². The molecule has 5 nitrogen and oxygen atoms in total. The molecule has 5 heteroatoms. The number of hydrogen-bond acceptors (Lipinski definition) is 4. The van der Waals surface area contributed by atoms with Gasteiger partial charge in [0.25, 0.3) is 0 Å². The van der Waals surface area contributed by atoms with E-state index >= 15 is 0 Å². The van der Waals surface area contributed by atoms with Crippen LogP contribution in [0, 0.1) is 5.41 Å². The molecule has 0 atom stereocenters. The maximum absolute atomic E-state index is 5.14. The molecule has 0 aromatic carbocycles. The minimum absolute atomic E-state index is 0.249. The normalized spacial score (nSPS) is 11.9. The number of methoxy groups -OCH3 is 1. The summed E-state index contributed by atoms with van der Waals surface area (Å²) in [6.07, 6.45) is 3.00. The van der Waals surface area contributed by atoms with Crippen LogP contribution in [0.3, 0.4) is 0 Å². The first-order valence-corrected chi connectivity index (χ1v) is 6.75. The zero-order chi connectivity index (χ0) is 14.5. The first-order chi connectivity index (χ1) is 8.87. The summed E-state index contributed by atoms with van der Waals surface area (Å²) in [6.45, 7) is 7.14. The molecule has 0 aliphatic carbocycles. The molecule has 0 fully saturated rings. The van der Waals surface area contributed by atoms with Gasteiger partial charge in [0.1, 0.15) is 0 Å². The van der Waals surface area contributed by atoms with Gasteiger partial charge in [-0.05, 0) is 11.8 Å². The van der Waals surface area contributed by atoms with Gasteiger partial charge in [0.05, 0.1) is 11.9 Å². The molecule has 0 aliphatic heterocycles. The van der Waals surface area contributed by atoms with Crippen LogP contribution in [0.1, 0.15) is 26.0 Å². The monoisotopic (exact) mass is 268 g/mol. The topological polar surface area (TPSA) is 42.3 Å². The van der Waals surface area contributed by atoms with E-state index in [1.54, 1.807) is 7.11 Å². The fraction of sp³-hybridized carbons (Fsp3) is 0.786. The van der Waals surface area contributed by atoms with Crippen LogP contribution in [0.4, 0.5) is 5.95 Å². The van der Waals surface area contributed by atoms with Crippen molar-refractivity contribution in [3.8, 4) is 0 Å². The number of ether oxygens (including phenoxy) is 1. The SMILES string of the molecule is COCCC(C)(C)CNCc1cnc(N(C)C)n1C. The van der Waals surface area contributed by atoms with E-state index < -0.39 is 0 Å². The summed E-state index contributed by atoms with van der Waals surface area (Å²) in [5.41, 5.74) is 1.45. The van der Waals surface area contributed by atoms with Gasteiger partial charge in [0, 0.05) is 47.9 Å². The maximum Gasteiger partial charge on any atom is 0.204 e. The molecule has 0 saturated heterocycles. The molecule has 1 rings (SSSR count). The van der Waals surface area contributed by atoms with Gasteiger partial charge >= 0.3 is 0 Å². The highest BCUT2D eigenvalue weighted by molar-refractivity contribution is 5.30. The first kappa shape index (κ1) is 16.0. The number of hydrogen-bond donors (Lipinski definition) is 1. The van der Waals surface area contributed by atoms with E-state index in [9.17, 15) is 0 Å². The molecular weight excluding hydrogens is 240 g/mol. The largest absolute Gasteiger partial charge is 0.385 e. The van der Waals surface area contributed by atoms with Crippen molar-refractivity contribution in [1.29, 1.82) is 0 Å². The van der Waals surface area contributed by atoms with Crippen molar-refractivity contribution >= 4 is 5.95 Å². The lowest BCUT2D eigenvalue weighted by Gasteiger charge is -2.24. The molecule has 0 amide bonds. The molecule has 19 heavy (non-hydrogen) atoms. The summed E-state index contributed by atoms with van der Waals surface area (Å²) in [5.74, 6) is 0.982. The number of nitrogens with one attached hydrogen (secondary N) is 1. The van der Waals surface area contributed by atoms with Gasteiger partial charge < -0.3 is 19.5 Å². The van der Waals surface area contributed by atoms with Crippen molar-refractivity contribution in [3.05, 3.63) is 11.9 Å². The maximum atomic E-state index is 5.14. The van der Waals surface area contributed by atoms with Gasteiger partial charge in [0.15, 0.2) is 0 Å². The van der Waals surface area contributed by atoms with Crippen molar-refractivity contribution in [1.82, 2.24) is 14.9 Å². The first-order valence-electron chi connectivity index (χ1n) is 6.75. The van der Waals surface area contributed by atoms with E-state index in [1.165, 1.54) is 5.69 Å². The second-order valence-electron chi connectivity index (χ2n) is 6.01. The van der Waals surface area contributed by atoms with Crippen LogP contribution in [0.5, 0.6) is 0 Å². The smallest absolute Gasteiger partial charge is 0.204 e. The summed E-state index contributed by atoms with van der Waals surface area (Å²) in [6, 6.07) is 0. The van der Waals surface area contributed by atoms with Crippen LogP contribution in [-0.2, 0) is 18.3 Å². The highest BCUT2D eigenvalue weighted by atomic mass is 16.5. The summed E-state index contributed by atoms with van der Waals surface area (Å²) in [5, 5.41) is 3.51. The molecule has 0 radical (unpaired) electrons. The van der Waals surface area contributed by atoms with Gasteiger partial charge in [-0.15, -0.1) is 0 Å². The van der Waals surface area contributed by atoms with E-state index in [2.05, 4.69) is 35.8 Å². The van der Waals surface area contributed by atoms with Crippen LogP contribution in [0.15, 0.2) is 6.20 Å². The molecule has 1 heterocycles. The van der Waals surface area contributed by atoms with Crippen molar-refractivity contribution in [2.75, 3.05) is 39.3 Å². The molecule has 0 spiro atoms. The van der Waals surface area contributed by atoms with Crippen molar-refractivity contribution in [3.63, 3.8) is 0 Å². The molecular formula is C14H28N4O. The Balaban J connectivity index is 2.45. The van der Waals surface area contributed by atoms with E-state index in [1.807, 2.05) is 25.2 Å². The number of rotatable bonds is 8. The highest BCUT2D eigenvalue weighted by Crippen LogP contribution is 2.19. The van der Waals surface area contributed by atoms with Crippen LogP contribution >= 0.6 is 0 Å². The van der Waals surface area contributed by atoms with E-state index in [4.69, 9.17) is 4.74 Å². The standard InChI is InChI=1S/C14H28N4O/c1-14(2,7-8-19-6)11-15-9-12-10-16-13(17(3)4)18(12)5/h10,15H,7-9,11H2,1-6H3. The lowest BCUT2D eigenvalue weighted by molar-refractivity contribution is 0.150. The fourth-order valence-electron chi connectivity index (χ4n) is 2.01. The predicted molar refractivity (Wildman–Crippen MR) is 79.5 cm³/mol. The fourth-order valence-corrected chi connectivity index (χ4v) is 2.01. The summed E-state index contributed by atoms with van der Waals surface area (Å²) in [4.78, 5) is 6.43. The number of anilines is 1. The molecule has 1 aromatic heterocycles. The van der Waals surface area contributed by atoms with Gasteiger partial charge in [-0.2, -0.15) is 0 Å². The van der Waals surface area contributed by atoms with Crippen molar-refractivity contribution < 1.29 is 4.74 Å². The van der Waals surface area contributed by atoms with Gasteiger partial charge in [0.2, 0.25) is 5.95 Å². The third-order valence-electron chi connectivity index (χ3n) is 3.35. The third-order valence-corrected chi connectivity index (χ3v) is 3.35. The Morgan fingerprint density at radius 1 is 1.42 bits per heavy atom. The van der Waals surface area contributed by atoms with E-state index in [0.717, 1.165) is 32.1 Å². The predicted octanol–water partition coefficient (Wildman–Crippen LogP) is 1.64. The molecule has 0 bridgehead atoms. The van der Waals surface area contributed by atoms with Crippen LogP contribution in [0.25, 0.3) is 0 Å². The number of aromatic nitrogens is 2. The van der Waals surface area contributed by atoms with Crippen LogP contribution in [0.2, 0.25) is 0 Å². The van der Waals surface area contributed by atoms with Gasteiger partial charge in [-0.3, -0.25) is 0 Å². The average Bonchev–Trinajstić information content (AvgIpc) is 2.68. The lowest BCUT2D eigenvalue weighted by atomic mass is 9.90. The van der Waals surface area contributed by atoms with Gasteiger partial charge in [-0.25, -0.2) is 4.98 Å². The van der Waals surface area contributed by atoms with Gasteiger partial charge in [-0.1, -0.05) is 13.8 Å². The van der Waals surface area contributed by atoms with E-state index in [-0.39, 0.29) is 5.41 Å². The van der Waals surface area contributed by atoms with E-state index in [0.29, 0.717) is 0 Å². The Kier molecular flexibility index (Phi) is 5.82. The molecule has 0 aliphatic rings. The summed E-state index contributed by atoms with van der Waals surface area (Å²) < 4.78 is 7.26. The minimum Gasteiger partial charge on any atom is -0.385 e. The minimum atomic E-state index is 0.249. The quantitative estimate of drug-likeness (QED) is 0.778. The molecule has 110 valence electrons. The second kappa shape index (κ2) is 6.91. The van der Waals surface area contributed by atoms with Crippen LogP contribution in [-0.4, -0.2) is 43.9 Å². The van der Waals surface area contributed by atoms with Crippen molar-refractivity contribution in [2.24, 2.45) is 12.5 Å². The summed E-state index contributed by atoms with van der Waals surface area (Å²) >= 11 is 0. The molecule has 0 unspecified atom stereocenters. The average molecular weight is 268 g/mol. The van der Waals surface area contributed by atoms with Crippen LogP contribution < -0.4 is 10.2 Å². The Labute approximate surface area is 117 Å². The Morgan fingerprint density at radius 3 is 2.63 bits per heavy atom. The Bertz CT molecular complexity index is 385. The molecule has 0 saturated carbocycles. The second-order valence-corrected chi connectivity index (χ2v) is 6.01. The Morgan fingerprint density at radius 2 is 2.11 bits per heavy atom. The summed E-state index contributed by atoms with van der Waals surface area (Å²) in [7, 11) is 7.82. The Hall–Kier alpha value is -1.07. The highest BCUT2D eigenvalue weighted by Gasteiger charge is 2.17. The number of imidazole rings is 1. The zero-order valence-corrected chi connectivity index (χ0v) is 13.2. The molecule has 1 N–H and O–H groups in total. The zero-order valence-electron chi connectivity index (χ0n) is 13.2. The molecule has 1 aromatic rings. The lowest BCUT2D eigenvalue weighted by Crippen LogP contribution is -2.30.